The molecular weight excluding hydrogens is 434 g/mol. The topological polar surface area (TPSA) is 118 Å². The van der Waals surface area contributed by atoms with Crippen molar-refractivity contribution in [1.82, 2.24) is 5.32 Å². The molecule has 0 heterocycles. The molecule has 2 N–H and O–H groups in total. The SMILES string of the molecule is Cc1ccc(CNC(=O)c2ccccc2NC(=O)COC(=O)COc2ccc(C#N)cc2)cc1. The lowest BCUT2D eigenvalue weighted by Crippen LogP contribution is -2.27. The average Bonchev–Trinajstić information content (AvgIpc) is 2.86. The number of esters is 1. The van der Waals surface area contributed by atoms with Gasteiger partial charge in [0.05, 0.1) is 22.9 Å². The Kier molecular flexibility index (Phi) is 8.36. The molecule has 0 radical (unpaired) electrons. The maximum absolute atomic E-state index is 12.6. The van der Waals surface area contributed by atoms with E-state index in [1.54, 1.807) is 48.5 Å². The highest BCUT2D eigenvalue weighted by molar-refractivity contribution is 6.04. The van der Waals surface area contributed by atoms with E-state index in [0.29, 0.717) is 29.1 Å². The summed E-state index contributed by atoms with van der Waals surface area (Å²) in [6.07, 6.45) is 0. The Bertz CT molecular complexity index is 1200. The molecule has 0 saturated carbocycles. The van der Waals surface area contributed by atoms with E-state index in [1.807, 2.05) is 37.3 Å². The second kappa shape index (κ2) is 11.8. The van der Waals surface area contributed by atoms with E-state index >= 15 is 0 Å². The highest BCUT2D eigenvalue weighted by atomic mass is 16.6. The molecule has 8 heteroatoms. The van der Waals surface area contributed by atoms with Gasteiger partial charge in [0.15, 0.2) is 13.2 Å². The van der Waals surface area contributed by atoms with Gasteiger partial charge in [-0.05, 0) is 48.9 Å². The van der Waals surface area contributed by atoms with Gasteiger partial charge in [0.2, 0.25) is 0 Å². The van der Waals surface area contributed by atoms with Crippen LogP contribution in [0.2, 0.25) is 0 Å². The number of nitrogens with zero attached hydrogens (tertiary/aromatic N) is 1. The molecule has 2 amide bonds. The Hall–Kier alpha value is -4.64. The van der Waals surface area contributed by atoms with Gasteiger partial charge in [-0.1, -0.05) is 42.0 Å². The van der Waals surface area contributed by atoms with Crippen molar-refractivity contribution in [3.05, 3.63) is 95.1 Å². The second-order valence-corrected chi connectivity index (χ2v) is 7.35. The van der Waals surface area contributed by atoms with Crippen LogP contribution in [0, 0.1) is 18.3 Å². The lowest BCUT2D eigenvalue weighted by molar-refractivity contribution is -0.149. The molecule has 0 unspecified atom stereocenters. The summed E-state index contributed by atoms with van der Waals surface area (Å²) in [4.78, 5) is 36.8. The molecule has 0 fully saturated rings. The number of ether oxygens (including phenoxy) is 2. The number of nitrogens with one attached hydrogen (secondary N) is 2. The van der Waals surface area contributed by atoms with E-state index in [0.717, 1.165) is 11.1 Å². The largest absolute Gasteiger partial charge is 0.482 e. The molecular formula is C26H23N3O5. The quantitative estimate of drug-likeness (QED) is 0.476. The smallest absolute Gasteiger partial charge is 0.344 e. The van der Waals surface area contributed by atoms with Crippen molar-refractivity contribution in [3.8, 4) is 11.8 Å². The summed E-state index contributed by atoms with van der Waals surface area (Å²) in [7, 11) is 0. The normalized spacial score (nSPS) is 10.0. The maximum Gasteiger partial charge on any atom is 0.344 e. The number of rotatable bonds is 9. The number of para-hydroxylation sites is 1. The van der Waals surface area contributed by atoms with E-state index in [-0.39, 0.29) is 5.91 Å². The molecule has 3 aromatic rings. The van der Waals surface area contributed by atoms with Crippen LogP contribution in [0.3, 0.4) is 0 Å². The van der Waals surface area contributed by atoms with Crippen molar-refractivity contribution in [2.75, 3.05) is 18.5 Å². The van der Waals surface area contributed by atoms with E-state index in [1.165, 1.54) is 0 Å². The zero-order chi connectivity index (χ0) is 24.3. The fourth-order valence-corrected chi connectivity index (χ4v) is 2.92. The summed E-state index contributed by atoms with van der Waals surface area (Å²) in [5, 5.41) is 14.2. The summed E-state index contributed by atoms with van der Waals surface area (Å²) >= 11 is 0. The number of hydrogen-bond acceptors (Lipinski definition) is 6. The molecule has 0 saturated heterocycles. The van der Waals surface area contributed by atoms with Gasteiger partial charge >= 0.3 is 5.97 Å². The van der Waals surface area contributed by atoms with Crippen molar-refractivity contribution >= 4 is 23.5 Å². The summed E-state index contributed by atoms with van der Waals surface area (Å²) in [6, 6.07) is 22.6. The first-order valence-electron chi connectivity index (χ1n) is 10.5. The molecule has 0 bridgehead atoms. The molecule has 0 atom stereocenters. The van der Waals surface area contributed by atoms with Gasteiger partial charge in [0, 0.05) is 6.54 Å². The maximum atomic E-state index is 12.6. The minimum atomic E-state index is -0.733. The number of aryl methyl sites for hydroxylation is 1. The van der Waals surface area contributed by atoms with Crippen molar-refractivity contribution in [2.24, 2.45) is 0 Å². The van der Waals surface area contributed by atoms with E-state index in [4.69, 9.17) is 14.7 Å². The van der Waals surface area contributed by atoms with E-state index in [2.05, 4.69) is 10.6 Å². The minimum Gasteiger partial charge on any atom is -0.482 e. The molecule has 3 rings (SSSR count). The fraction of sp³-hybridized carbons (Fsp3) is 0.154. The molecule has 0 aliphatic carbocycles. The van der Waals surface area contributed by atoms with Gasteiger partial charge < -0.3 is 20.1 Å². The molecule has 34 heavy (non-hydrogen) atoms. The molecule has 0 aromatic heterocycles. The molecule has 8 nitrogen and oxygen atoms in total. The van der Waals surface area contributed by atoms with Gasteiger partial charge in [0.1, 0.15) is 5.75 Å². The van der Waals surface area contributed by atoms with Crippen molar-refractivity contribution in [3.63, 3.8) is 0 Å². The summed E-state index contributed by atoms with van der Waals surface area (Å²) in [5.41, 5.74) is 3.15. The van der Waals surface area contributed by atoms with Crippen LogP contribution in [0.25, 0.3) is 0 Å². The first-order valence-corrected chi connectivity index (χ1v) is 10.5. The van der Waals surface area contributed by atoms with Gasteiger partial charge in [-0.15, -0.1) is 0 Å². The molecule has 172 valence electrons. The van der Waals surface area contributed by atoms with Crippen LogP contribution in [0.5, 0.6) is 5.75 Å². The monoisotopic (exact) mass is 457 g/mol. The highest BCUT2D eigenvalue weighted by Gasteiger charge is 2.14. The van der Waals surface area contributed by atoms with Crippen LogP contribution in [0.1, 0.15) is 27.0 Å². The van der Waals surface area contributed by atoms with Gasteiger partial charge in [-0.25, -0.2) is 4.79 Å². The number of carbonyl (C=O) groups is 3. The lowest BCUT2D eigenvalue weighted by atomic mass is 10.1. The summed E-state index contributed by atoms with van der Waals surface area (Å²) in [6.45, 7) is 1.41. The molecule has 0 aliphatic heterocycles. The Morgan fingerprint density at radius 3 is 2.32 bits per heavy atom. The van der Waals surface area contributed by atoms with Crippen LogP contribution >= 0.6 is 0 Å². The van der Waals surface area contributed by atoms with Gasteiger partial charge in [-0.3, -0.25) is 9.59 Å². The van der Waals surface area contributed by atoms with Crippen LogP contribution in [0.4, 0.5) is 5.69 Å². The van der Waals surface area contributed by atoms with E-state index < -0.39 is 25.1 Å². The number of anilines is 1. The number of benzene rings is 3. The number of carbonyl (C=O) groups excluding carboxylic acids is 3. The summed E-state index contributed by atoms with van der Waals surface area (Å²) < 4.78 is 10.2. The third-order valence-corrected chi connectivity index (χ3v) is 4.72. The second-order valence-electron chi connectivity index (χ2n) is 7.35. The van der Waals surface area contributed by atoms with Crippen LogP contribution in [-0.2, 0) is 20.9 Å². The van der Waals surface area contributed by atoms with Crippen LogP contribution in [-0.4, -0.2) is 31.0 Å². The lowest BCUT2D eigenvalue weighted by Gasteiger charge is -2.12. The molecule has 0 spiro atoms. The average molecular weight is 457 g/mol. The summed E-state index contributed by atoms with van der Waals surface area (Å²) in [5.74, 6) is -1.27. The Labute approximate surface area is 197 Å². The van der Waals surface area contributed by atoms with Crippen LogP contribution < -0.4 is 15.4 Å². The minimum absolute atomic E-state index is 0.290. The Morgan fingerprint density at radius 2 is 1.62 bits per heavy atom. The Balaban J connectivity index is 1.47. The van der Waals surface area contributed by atoms with Crippen LogP contribution in [0.15, 0.2) is 72.8 Å². The van der Waals surface area contributed by atoms with Gasteiger partial charge in [-0.2, -0.15) is 5.26 Å². The number of nitriles is 1. The van der Waals surface area contributed by atoms with Gasteiger partial charge in [0.25, 0.3) is 11.8 Å². The predicted molar refractivity (Wildman–Crippen MR) is 125 cm³/mol. The third kappa shape index (κ3) is 7.21. The fourth-order valence-electron chi connectivity index (χ4n) is 2.92. The number of hydrogen-bond donors (Lipinski definition) is 2. The van der Waals surface area contributed by atoms with E-state index in [9.17, 15) is 14.4 Å². The standard InChI is InChI=1S/C26H23N3O5/c1-18-6-8-20(9-7-18)15-28-26(32)22-4-2-3-5-23(22)29-24(30)16-34-25(31)17-33-21-12-10-19(14-27)11-13-21/h2-13H,15-17H2,1H3,(H,28,32)(H,29,30). The highest BCUT2D eigenvalue weighted by Crippen LogP contribution is 2.15. The molecule has 0 aliphatic rings. The zero-order valence-electron chi connectivity index (χ0n) is 18.5. The zero-order valence-corrected chi connectivity index (χ0v) is 18.5. The Morgan fingerprint density at radius 1 is 0.912 bits per heavy atom. The first-order chi connectivity index (χ1) is 16.4. The first kappa shape index (κ1) is 24.0. The third-order valence-electron chi connectivity index (χ3n) is 4.72. The number of amides is 2. The van der Waals surface area contributed by atoms with Crippen molar-refractivity contribution < 1.29 is 23.9 Å². The predicted octanol–water partition coefficient (Wildman–Crippen LogP) is 3.36. The van der Waals surface area contributed by atoms with Crippen molar-refractivity contribution in [2.45, 2.75) is 13.5 Å². The molecule has 3 aromatic carbocycles. The van der Waals surface area contributed by atoms with Crippen molar-refractivity contribution in [1.29, 1.82) is 5.26 Å².